The summed E-state index contributed by atoms with van der Waals surface area (Å²) in [7, 11) is 0. The summed E-state index contributed by atoms with van der Waals surface area (Å²) in [5, 5.41) is 2.61. The molecule has 44 heavy (non-hydrogen) atoms. The largest absolute Gasteiger partial charge is 0.456 e. The summed E-state index contributed by atoms with van der Waals surface area (Å²) in [5.74, 6) is 1.88. The van der Waals surface area contributed by atoms with Gasteiger partial charge in [-0.05, 0) is 65.2 Å². The van der Waals surface area contributed by atoms with Crippen molar-refractivity contribution in [2.24, 2.45) is 0 Å². The number of rotatable bonds is 2. The fourth-order valence-corrected chi connectivity index (χ4v) is 9.68. The van der Waals surface area contributed by atoms with Crippen LogP contribution in [0.4, 0.5) is 5.69 Å². The molecule has 4 aliphatic rings. The standard InChI is InChI=1S/C39H24N3OS/c1-2-9-24(10-3-1)25-18-20-26(21-19-25)34-23-40-30-14-6-16-32-35(30)39(38(40)44-34)36-31(15-7-17-33(36)43-32)42-29-13-5-4-11-27(29)28-12-8-22-41(39)37(28)42/h1-23,38H/q+1. The lowest BCUT2D eigenvalue weighted by Crippen LogP contribution is -2.66. The van der Waals surface area contributed by atoms with Crippen molar-refractivity contribution in [3.8, 4) is 28.3 Å². The molecule has 0 N–H and O–H groups in total. The fourth-order valence-electron chi connectivity index (χ4n) is 8.19. The van der Waals surface area contributed by atoms with E-state index in [9.17, 15) is 0 Å². The van der Waals surface area contributed by atoms with Crippen LogP contribution in [0.25, 0.3) is 43.7 Å². The summed E-state index contributed by atoms with van der Waals surface area (Å²) in [6.45, 7) is 0. The van der Waals surface area contributed by atoms with Gasteiger partial charge in [0.1, 0.15) is 28.1 Å². The number of para-hydroxylation sites is 1. The van der Waals surface area contributed by atoms with E-state index in [0.717, 1.165) is 11.5 Å². The molecular formula is C39H24N3OS+. The molecule has 0 saturated heterocycles. The van der Waals surface area contributed by atoms with Crippen molar-refractivity contribution in [3.63, 3.8) is 0 Å². The van der Waals surface area contributed by atoms with Gasteiger partial charge in [0.15, 0.2) is 0 Å². The van der Waals surface area contributed by atoms with Crippen LogP contribution in [-0.2, 0) is 5.54 Å². The van der Waals surface area contributed by atoms with Crippen LogP contribution in [0.3, 0.4) is 0 Å². The van der Waals surface area contributed by atoms with Crippen LogP contribution in [0.5, 0.6) is 11.5 Å². The first-order valence-electron chi connectivity index (χ1n) is 15.0. The van der Waals surface area contributed by atoms with Gasteiger partial charge >= 0.3 is 0 Å². The molecule has 4 nitrogen and oxygen atoms in total. The molecule has 0 radical (unpaired) electrons. The highest BCUT2D eigenvalue weighted by atomic mass is 32.2. The third-order valence-electron chi connectivity index (χ3n) is 9.89. The number of nitrogens with zero attached hydrogens (tertiary/aromatic N) is 3. The molecule has 0 saturated carbocycles. The molecule has 4 aliphatic heterocycles. The molecule has 5 aromatic carbocycles. The van der Waals surface area contributed by atoms with Gasteiger partial charge in [-0.25, -0.2) is 4.57 Å². The molecule has 0 aliphatic carbocycles. The Kier molecular flexibility index (Phi) is 4.23. The number of hydrogen-bond acceptors (Lipinski definition) is 3. The number of hydrogen-bond donors (Lipinski definition) is 0. The van der Waals surface area contributed by atoms with Gasteiger partial charge in [0.05, 0.1) is 28.4 Å². The quantitative estimate of drug-likeness (QED) is 0.190. The number of pyridine rings is 1. The molecular weight excluding hydrogens is 559 g/mol. The summed E-state index contributed by atoms with van der Waals surface area (Å²) in [6.07, 6.45) is 4.66. The fraction of sp³-hybridized carbons (Fsp3) is 0.0513. The third kappa shape index (κ3) is 2.62. The van der Waals surface area contributed by atoms with Crippen LogP contribution in [-0.4, -0.2) is 9.94 Å². The highest BCUT2D eigenvalue weighted by molar-refractivity contribution is 8.09. The average molecular weight is 583 g/mol. The Bertz CT molecular complexity index is 2410. The van der Waals surface area contributed by atoms with E-state index in [1.807, 2.05) is 11.8 Å². The summed E-state index contributed by atoms with van der Waals surface area (Å²) >= 11 is 1.96. The van der Waals surface area contributed by atoms with Crippen molar-refractivity contribution in [3.05, 3.63) is 156 Å². The molecule has 206 valence electrons. The van der Waals surface area contributed by atoms with E-state index in [4.69, 9.17) is 4.74 Å². The van der Waals surface area contributed by atoms with Crippen LogP contribution in [0, 0.1) is 0 Å². The highest BCUT2D eigenvalue weighted by Crippen LogP contribution is 2.65. The van der Waals surface area contributed by atoms with Crippen molar-refractivity contribution < 1.29 is 9.30 Å². The van der Waals surface area contributed by atoms with Crippen LogP contribution in [0.15, 0.2) is 140 Å². The van der Waals surface area contributed by atoms with Crippen molar-refractivity contribution in [2.45, 2.75) is 10.9 Å². The zero-order valence-corrected chi connectivity index (χ0v) is 24.3. The van der Waals surface area contributed by atoms with Crippen molar-refractivity contribution in [1.29, 1.82) is 0 Å². The van der Waals surface area contributed by atoms with E-state index in [-0.39, 0.29) is 5.37 Å². The normalized spacial score (nSPS) is 19.9. The second-order valence-electron chi connectivity index (χ2n) is 12.0. The Balaban J connectivity index is 1.18. The lowest BCUT2D eigenvalue weighted by molar-refractivity contribution is -0.722. The summed E-state index contributed by atoms with van der Waals surface area (Å²) in [6, 6.07) is 46.0. The number of aromatic nitrogens is 2. The molecule has 7 aromatic rings. The molecule has 2 unspecified atom stereocenters. The molecule has 2 atom stereocenters. The van der Waals surface area contributed by atoms with Crippen LogP contribution in [0.1, 0.15) is 16.7 Å². The first-order valence-corrected chi connectivity index (χ1v) is 15.9. The van der Waals surface area contributed by atoms with Gasteiger partial charge in [-0.15, -0.1) is 0 Å². The summed E-state index contributed by atoms with van der Waals surface area (Å²) in [4.78, 5) is 3.79. The maximum Gasteiger partial charge on any atom is 0.296 e. The SMILES string of the molecule is C1=C(c2ccc(-c3ccccc3)cc2)SC2N1c1cccc3c1C21c2c(cccc2-n2c4ccccc4c4ccc[n+]1c42)O3. The van der Waals surface area contributed by atoms with E-state index in [0.29, 0.717) is 0 Å². The number of anilines is 1. The number of fused-ring (bicyclic) bond motifs is 6. The molecule has 0 amide bonds. The minimum atomic E-state index is -0.479. The third-order valence-corrected chi connectivity index (χ3v) is 11.3. The van der Waals surface area contributed by atoms with Crippen molar-refractivity contribution in [1.82, 2.24) is 4.57 Å². The molecule has 0 fully saturated rings. The molecule has 6 heterocycles. The highest BCUT2D eigenvalue weighted by Gasteiger charge is 2.66. The average Bonchev–Trinajstić information content (AvgIpc) is 3.75. The van der Waals surface area contributed by atoms with E-state index >= 15 is 0 Å². The monoisotopic (exact) mass is 582 g/mol. The van der Waals surface area contributed by atoms with Gasteiger partial charge in [-0.2, -0.15) is 4.57 Å². The van der Waals surface area contributed by atoms with Crippen molar-refractivity contribution >= 4 is 44.3 Å². The maximum atomic E-state index is 6.76. The lowest BCUT2D eigenvalue weighted by Gasteiger charge is -2.40. The van der Waals surface area contributed by atoms with Gasteiger partial charge in [0.2, 0.25) is 5.54 Å². The van der Waals surface area contributed by atoms with Crippen LogP contribution in [0.2, 0.25) is 0 Å². The predicted octanol–water partition coefficient (Wildman–Crippen LogP) is 8.84. The van der Waals surface area contributed by atoms with Crippen molar-refractivity contribution in [2.75, 3.05) is 4.90 Å². The van der Waals surface area contributed by atoms with E-state index in [2.05, 4.69) is 154 Å². The zero-order valence-electron chi connectivity index (χ0n) is 23.5. The van der Waals surface area contributed by atoms with Gasteiger partial charge in [0.25, 0.3) is 5.65 Å². The minimum absolute atomic E-state index is 0.0774. The number of benzene rings is 5. The smallest absolute Gasteiger partial charge is 0.296 e. The topological polar surface area (TPSA) is 21.3 Å². The molecule has 11 rings (SSSR count). The number of thioether (sulfide) groups is 1. The Morgan fingerprint density at radius 2 is 1.30 bits per heavy atom. The maximum absolute atomic E-state index is 6.76. The second kappa shape index (κ2) is 8.01. The van der Waals surface area contributed by atoms with Gasteiger partial charge in [-0.3, -0.25) is 0 Å². The Hall–Kier alpha value is -5.26. The van der Waals surface area contributed by atoms with Crippen LogP contribution < -0.4 is 14.2 Å². The molecule has 5 heteroatoms. The Labute approximate surface area is 258 Å². The van der Waals surface area contributed by atoms with Gasteiger partial charge < -0.3 is 9.64 Å². The Morgan fingerprint density at radius 3 is 2.14 bits per heavy atom. The van der Waals surface area contributed by atoms with E-state index < -0.39 is 5.54 Å². The second-order valence-corrected chi connectivity index (χ2v) is 13.1. The van der Waals surface area contributed by atoms with Crippen LogP contribution >= 0.6 is 11.8 Å². The lowest BCUT2D eigenvalue weighted by atomic mass is 9.78. The summed E-state index contributed by atoms with van der Waals surface area (Å²) in [5.41, 5.74) is 10.6. The number of ether oxygens (including phenoxy) is 1. The van der Waals surface area contributed by atoms with E-state index in [1.165, 1.54) is 66.0 Å². The minimum Gasteiger partial charge on any atom is -0.456 e. The van der Waals surface area contributed by atoms with Gasteiger partial charge in [-0.1, -0.05) is 90.6 Å². The first kappa shape index (κ1) is 23.2. The molecule has 1 spiro atoms. The Morgan fingerprint density at radius 1 is 0.614 bits per heavy atom. The molecule has 2 aromatic heterocycles. The summed E-state index contributed by atoms with van der Waals surface area (Å²) < 4.78 is 11.8. The van der Waals surface area contributed by atoms with E-state index in [1.54, 1.807) is 0 Å². The predicted molar refractivity (Wildman–Crippen MR) is 177 cm³/mol. The molecule has 0 bridgehead atoms. The first-order chi connectivity index (χ1) is 21.8. The zero-order chi connectivity index (χ0) is 28.6. The van der Waals surface area contributed by atoms with Gasteiger partial charge in [0, 0.05) is 16.5 Å².